The van der Waals surface area contributed by atoms with Crippen LogP contribution in [0.4, 0.5) is 0 Å². The number of methoxy groups -OCH3 is 1. The summed E-state index contributed by atoms with van der Waals surface area (Å²) >= 11 is 1.66. The smallest absolute Gasteiger partial charge is 0.239 e. The molecule has 5 nitrogen and oxygen atoms in total. The molecule has 0 aromatic carbocycles. The average molecular weight is 344 g/mol. The number of nitrogens with two attached hydrogens (primary N) is 1. The highest BCUT2D eigenvalue weighted by atomic mass is 35.5. The summed E-state index contributed by atoms with van der Waals surface area (Å²) in [5.74, 6) is 0.268. The van der Waals surface area contributed by atoms with Crippen molar-refractivity contribution in [2.45, 2.75) is 32.2 Å². The van der Waals surface area contributed by atoms with Gasteiger partial charge in [0, 0.05) is 31.4 Å². The lowest BCUT2D eigenvalue weighted by Crippen LogP contribution is -2.44. The SMILES string of the molecule is COCC(N)C(=O)NCCc1csc(C(C)C)n1.Cl.Cl. The average Bonchev–Trinajstić information content (AvgIpc) is 2.78. The molecule has 1 amide bonds. The minimum Gasteiger partial charge on any atom is -0.383 e. The van der Waals surface area contributed by atoms with Crippen molar-refractivity contribution in [1.29, 1.82) is 0 Å². The van der Waals surface area contributed by atoms with Gasteiger partial charge >= 0.3 is 0 Å². The van der Waals surface area contributed by atoms with Crippen molar-refractivity contribution in [2.24, 2.45) is 5.73 Å². The van der Waals surface area contributed by atoms with Gasteiger partial charge in [0.15, 0.2) is 0 Å². The molecule has 0 fully saturated rings. The Morgan fingerprint density at radius 3 is 2.65 bits per heavy atom. The first-order valence-corrected chi connectivity index (χ1v) is 6.89. The van der Waals surface area contributed by atoms with Crippen molar-refractivity contribution in [2.75, 3.05) is 20.3 Å². The van der Waals surface area contributed by atoms with Crippen LogP contribution in [0, 0.1) is 0 Å². The van der Waals surface area contributed by atoms with Gasteiger partial charge in [0.1, 0.15) is 6.04 Å². The topological polar surface area (TPSA) is 77.2 Å². The van der Waals surface area contributed by atoms with E-state index in [0.29, 0.717) is 12.5 Å². The van der Waals surface area contributed by atoms with Crippen LogP contribution in [0.2, 0.25) is 0 Å². The molecule has 3 N–H and O–H groups in total. The quantitative estimate of drug-likeness (QED) is 0.790. The van der Waals surface area contributed by atoms with Crippen molar-refractivity contribution >= 4 is 42.1 Å². The monoisotopic (exact) mass is 343 g/mol. The second-order valence-electron chi connectivity index (χ2n) is 4.43. The second-order valence-corrected chi connectivity index (χ2v) is 5.32. The second kappa shape index (κ2) is 11.3. The zero-order chi connectivity index (χ0) is 13.5. The van der Waals surface area contributed by atoms with E-state index in [-0.39, 0.29) is 37.3 Å². The van der Waals surface area contributed by atoms with Crippen molar-refractivity contribution in [3.63, 3.8) is 0 Å². The van der Waals surface area contributed by atoms with Gasteiger partial charge in [0.25, 0.3) is 0 Å². The maximum Gasteiger partial charge on any atom is 0.239 e. The number of amides is 1. The Labute approximate surface area is 136 Å². The molecule has 0 saturated carbocycles. The molecular weight excluding hydrogens is 321 g/mol. The minimum atomic E-state index is -0.600. The van der Waals surface area contributed by atoms with E-state index < -0.39 is 6.04 Å². The van der Waals surface area contributed by atoms with Crippen LogP contribution in [0.15, 0.2) is 5.38 Å². The third-order valence-corrected chi connectivity index (χ3v) is 3.62. The molecule has 0 radical (unpaired) electrons. The first-order chi connectivity index (χ1) is 8.54. The number of halogens is 2. The van der Waals surface area contributed by atoms with Crippen LogP contribution in [0.1, 0.15) is 30.5 Å². The number of carbonyl (C=O) groups excluding carboxylic acids is 1. The number of hydrogen-bond acceptors (Lipinski definition) is 5. The number of carbonyl (C=O) groups is 1. The molecule has 1 heterocycles. The molecule has 0 saturated heterocycles. The van der Waals surface area contributed by atoms with Crippen LogP contribution >= 0.6 is 36.2 Å². The molecule has 1 atom stereocenters. The Hall–Kier alpha value is -0.400. The maximum atomic E-state index is 11.5. The van der Waals surface area contributed by atoms with Crippen LogP contribution in [0.5, 0.6) is 0 Å². The van der Waals surface area contributed by atoms with E-state index in [1.807, 2.05) is 5.38 Å². The largest absolute Gasteiger partial charge is 0.383 e. The molecule has 118 valence electrons. The van der Waals surface area contributed by atoms with Crippen molar-refractivity contribution in [3.05, 3.63) is 16.1 Å². The molecular formula is C12H23Cl2N3O2S. The van der Waals surface area contributed by atoms with Gasteiger partial charge in [-0.25, -0.2) is 4.98 Å². The molecule has 20 heavy (non-hydrogen) atoms. The predicted molar refractivity (Wildman–Crippen MR) is 87.3 cm³/mol. The van der Waals surface area contributed by atoms with Crippen molar-refractivity contribution in [1.82, 2.24) is 10.3 Å². The fourth-order valence-corrected chi connectivity index (χ4v) is 2.27. The first-order valence-electron chi connectivity index (χ1n) is 6.01. The highest BCUT2D eigenvalue weighted by molar-refractivity contribution is 7.09. The Morgan fingerprint density at radius 2 is 2.15 bits per heavy atom. The van der Waals surface area contributed by atoms with E-state index in [9.17, 15) is 4.79 Å². The van der Waals surface area contributed by atoms with Crippen molar-refractivity contribution < 1.29 is 9.53 Å². The summed E-state index contributed by atoms with van der Waals surface area (Å²) in [6.07, 6.45) is 0.731. The van der Waals surface area contributed by atoms with Crippen molar-refractivity contribution in [3.8, 4) is 0 Å². The number of thiazole rings is 1. The van der Waals surface area contributed by atoms with Crippen LogP contribution in [-0.4, -0.2) is 37.2 Å². The molecule has 0 aliphatic carbocycles. The maximum absolute atomic E-state index is 11.5. The summed E-state index contributed by atoms with van der Waals surface area (Å²) < 4.78 is 4.82. The van der Waals surface area contributed by atoms with Gasteiger partial charge in [-0.1, -0.05) is 13.8 Å². The van der Waals surface area contributed by atoms with Gasteiger partial charge in [-0.3, -0.25) is 4.79 Å². The Kier molecular flexibility index (Phi) is 12.3. The van der Waals surface area contributed by atoms with Gasteiger partial charge in [-0.05, 0) is 0 Å². The Balaban J connectivity index is 0. The van der Waals surface area contributed by atoms with Gasteiger partial charge < -0.3 is 15.8 Å². The summed E-state index contributed by atoms with van der Waals surface area (Å²) in [7, 11) is 1.52. The molecule has 1 aromatic heterocycles. The van der Waals surface area contributed by atoms with Gasteiger partial charge in [-0.2, -0.15) is 0 Å². The summed E-state index contributed by atoms with van der Waals surface area (Å²) in [4.78, 5) is 16.0. The van der Waals surface area contributed by atoms with E-state index in [2.05, 4.69) is 24.1 Å². The summed E-state index contributed by atoms with van der Waals surface area (Å²) in [6, 6.07) is -0.600. The van der Waals surface area contributed by atoms with Gasteiger partial charge in [0.05, 0.1) is 17.3 Å². The lowest BCUT2D eigenvalue weighted by atomic mass is 10.2. The third kappa shape index (κ3) is 7.40. The molecule has 0 aliphatic heterocycles. The fraction of sp³-hybridized carbons (Fsp3) is 0.667. The Morgan fingerprint density at radius 1 is 1.50 bits per heavy atom. The van der Waals surface area contributed by atoms with Crippen LogP contribution in [0.3, 0.4) is 0 Å². The highest BCUT2D eigenvalue weighted by Gasteiger charge is 2.12. The van der Waals surface area contributed by atoms with E-state index >= 15 is 0 Å². The molecule has 1 unspecified atom stereocenters. The normalized spacial score (nSPS) is 11.4. The van der Waals surface area contributed by atoms with E-state index in [1.165, 1.54) is 7.11 Å². The zero-order valence-electron chi connectivity index (χ0n) is 11.9. The number of ether oxygens (including phenoxy) is 1. The molecule has 1 aromatic rings. The third-order valence-electron chi connectivity index (χ3n) is 2.43. The Bertz CT molecular complexity index is 389. The van der Waals surface area contributed by atoms with E-state index in [4.69, 9.17) is 10.5 Å². The molecule has 0 spiro atoms. The number of nitrogens with one attached hydrogen (secondary N) is 1. The highest BCUT2D eigenvalue weighted by Crippen LogP contribution is 2.19. The lowest BCUT2D eigenvalue weighted by molar-refractivity contribution is -0.123. The zero-order valence-corrected chi connectivity index (χ0v) is 14.4. The van der Waals surface area contributed by atoms with Crippen LogP contribution in [-0.2, 0) is 16.0 Å². The number of rotatable bonds is 7. The molecule has 8 heteroatoms. The number of aromatic nitrogens is 1. The van der Waals surface area contributed by atoms with Crippen LogP contribution < -0.4 is 11.1 Å². The molecule has 1 rings (SSSR count). The minimum absolute atomic E-state index is 0. The molecule has 0 bridgehead atoms. The predicted octanol–water partition coefficient (Wildman–Crippen LogP) is 1.74. The van der Waals surface area contributed by atoms with E-state index in [1.54, 1.807) is 11.3 Å². The summed E-state index contributed by atoms with van der Waals surface area (Å²) in [5.41, 5.74) is 6.62. The van der Waals surface area contributed by atoms with Gasteiger partial charge in [-0.15, -0.1) is 36.2 Å². The first kappa shape index (κ1) is 21.9. The lowest BCUT2D eigenvalue weighted by Gasteiger charge is -2.10. The number of nitrogens with zero attached hydrogens (tertiary/aromatic N) is 1. The fourth-order valence-electron chi connectivity index (χ4n) is 1.40. The molecule has 0 aliphatic rings. The van der Waals surface area contributed by atoms with Gasteiger partial charge in [0.2, 0.25) is 5.91 Å². The van der Waals surface area contributed by atoms with Crippen LogP contribution in [0.25, 0.3) is 0 Å². The number of hydrogen-bond donors (Lipinski definition) is 2. The standard InChI is InChI=1S/C12H21N3O2S.2ClH/c1-8(2)12-15-9(7-18-12)4-5-14-11(16)10(13)6-17-3;;/h7-8,10H,4-6,13H2,1-3H3,(H,14,16);2*1H. The summed E-state index contributed by atoms with van der Waals surface area (Å²) in [5, 5.41) is 5.95. The van der Waals surface area contributed by atoms with E-state index in [0.717, 1.165) is 17.1 Å². The summed E-state index contributed by atoms with van der Waals surface area (Å²) in [6.45, 7) is 5.03.